The van der Waals surface area contributed by atoms with Gasteiger partial charge in [-0.05, 0) is 39.2 Å². The van der Waals surface area contributed by atoms with Crippen molar-refractivity contribution in [2.45, 2.75) is 63.3 Å². The summed E-state index contributed by atoms with van der Waals surface area (Å²) in [6.07, 6.45) is 6.23. The first-order chi connectivity index (χ1) is 12.5. The smallest absolute Gasteiger partial charge is 0.206 e. The number of carbonyl (C=O) groups excluding carboxylic acids is 2. The van der Waals surface area contributed by atoms with Crippen LogP contribution in [0.1, 0.15) is 71.1 Å². The second kappa shape index (κ2) is 8.35. The molecule has 2 heterocycles. The maximum Gasteiger partial charge on any atom is 0.206 e. The van der Waals surface area contributed by atoms with Crippen molar-refractivity contribution in [3.63, 3.8) is 0 Å². The zero-order valence-electron chi connectivity index (χ0n) is 15.3. The molecule has 2 aromatic heterocycles. The summed E-state index contributed by atoms with van der Waals surface area (Å²) in [5.74, 6) is 0.224. The largest absolute Gasteiger partial charge is 0.357 e. The lowest BCUT2D eigenvalue weighted by Crippen LogP contribution is -2.21. The van der Waals surface area contributed by atoms with Crippen LogP contribution in [-0.2, 0) is 0 Å². The molecule has 140 valence electrons. The molecule has 6 nitrogen and oxygen atoms in total. The summed E-state index contributed by atoms with van der Waals surface area (Å²) >= 11 is 2.88. The van der Waals surface area contributed by atoms with E-state index in [4.69, 9.17) is 0 Å². The Morgan fingerprint density at radius 2 is 1.96 bits per heavy atom. The highest BCUT2D eigenvalue weighted by Crippen LogP contribution is 2.29. The summed E-state index contributed by atoms with van der Waals surface area (Å²) in [5, 5.41) is 12.7. The predicted molar refractivity (Wildman–Crippen MR) is 106 cm³/mol. The third-order valence-corrected chi connectivity index (χ3v) is 6.72. The molecule has 0 unspecified atom stereocenters. The zero-order valence-corrected chi connectivity index (χ0v) is 17.0. The molecule has 0 aliphatic heterocycles. The molecule has 0 radical (unpaired) electrons. The number of carbonyl (C=O) groups is 2. The van der Waals surface area contributed by atoms with Crippen molar-refractivity contribution < 1.29 is 9.59 Å². The topological polar surface area (TPSA) is 87.7 Å². The number of nitrogens with zero attached hydrogens (tertiary/aromatic N) is 2. The minimum atomic E-state index is -0.0277. The molecule has 1 saturated carbocycles. The molecule has 2 aromatic rings. The number of aromatic amines is 1. The van der Waals surface area contributed by atoms with Gasteiger partial charge in [-0.15, -0.1) is 10.2 Å². The van der Waals surface area contributed by atoms with Crippen LogP contribution in [0.4, 0.5) is 5.13 Å². The Morgan fingerprint density at radius 3 is 2.62 bits per heavy atom. The van der Waals surface area contributed by atoms with E-state index in [1.54, 1.807) is 0 Å². The number of anilines is 1. The van der Waals surface area contributed by atoms with Gasteiger partial charge in [-0.1, -0.05) is 42.4 Å². The Morgan fingerprint density at radius 1 is 1.23 bits per heavy atom. The average Bonchev–Trinajstić information content (AvgIpc) is 3.17. The summed E-state index contributed by atoms with van der Waals surface area (Å²) in [6, 6.07) is 0.491. The number of ketones is 2. The minimum absolute atomic E-state index is 0.0227. The van der Waals surface area contributed by atoms with Gasteiger partial charge in [0, 0.05) is 17.3 Å². The molecular formula is C18H24N4O2S2. The Hall–Kier alpha value is -1.67. The Bertz CT molecular complexity index is 806. The molecule has 8 heteroatoms. The van der Waals surface area contributed by atoms with E-state index in [-0.39, 0.29) is 17.3 Å². The number of nitrogens with one attached hydrogen (secondary N) is 2. The Kier molecular flexibility index (Phi) is 6.13. The van der Waals surface area contributed by atoms with Crippen molar-refractivity contribution in [3.8, 4) is 0 Å². The van der Waals surface area contributed by atoms with E-state index in [1.165, 1.54) is 62.1 Å². The molecule has 0 bridgehead atoms. The number of aryl methyl sites for hydroxylation is 1. The molecule has 0 aromatic carbocycles. The average molecular weight is 393 g/mol. The van der Waals surface area contributed by atoms with Crippen LogP contribution in [0, 0.1) is 13.8 Å². The number of H-pyrrole nitrogens is 1. The molecule has 0 spiro atoms. The van der Waals surface area contributed by atoms with Crippen molar-refractivity contribution in [1.82, 2.24) is 15.2 Å². The fraction of sp³-hybridized carbons (Fsp3) is 0.556. The first-order valence-electron chi connectivity index (χ1n) is 8.92. The van der Waals surface area contributed by atoms with Gasteiger partial charge in [0.2, 0.25) is 5.13 Å². The lowest BCUT2D eigenvalue weighted by molar-refractivity contribution is 0.101. The van der Waals surface area contributed by atoms with E-state index in [9.17, 15) is 9.59 Å². The standard InChI is InChI=1S/C18H24N4O2S2/c1-10-15(12(3)23)11(2)19-16(10)14(24)9-25-18-22-21-17(26-18)20-13-7-5-4-6-8-13/h13,19H,4-9H2,1-3H3,(H,20,21). The molecule has 3 rings (SSSR count). The van der Waals surface area contributed by atoms with E-state index in [2.05, 4.69) is 20.5 Å². The van der Waals surface area contributed by atoms with Crippen molar-refractivity contribution in [1.29, 1.82) is 0 Å². The van der Waals surface area contributed by atoms with Crippen molar-refractivity contribution in [2.24, 2.45) is 0 Å². The maximum absolute atomic E-state index is 12.5. The molecule has 0 atom stereocenters. The van der Waals surface area contributed by atoms with Crippen LogP contribution in [0.3, 0.4) is 0 Å². The Labute approximate surface area is 161 Å². The molecule has 0 saturated heterocycles. The molecule has 1 fully saturated rings. The number of hydrogen-bond donors (Lipinski definition) is 2. The lowest BCUT2D eigenvalue weighted by Gasteiger charge is -2.21. The molecule has 1 aliphatic rings. The molecule has 2 N–H and O–H groups in total. The van der Waals surface area contributed by atoms with Gasteiger partial charge in [0.05, 0.1) is 11.4 Å². The van der Waals surface area contributed by atoms with Crippen molar-refractivity contribution in [2.75, 3.05) is 11.1 Å². The third-order valence-electron chi connectivity index (χ3n) is 4.73. The zero-order chi connectivity index (χ0) is 18.7. The molecule has 1 aliphatic carbocycles. The summed E-state index contributed by atoms with van der Waals surface area (Å²) in [6.45, 7) is 5.16. The number of rotatable bonds is 7. The summed E-state index contributed by atoms with van der Waals surface area (Å²) in [5.41, 5.74) is 2.62. The second-order valence-electron chi connectivity index (χ2n) is 6.75. The quantitative estimate of drug-likeness (QED) is 0.536. The monoisotopic (exact) mass is 392 g/mol. The molecule has 0 amide bonds. The van der Waals surface area contributed by atoms with E-state index in [0.29, 0.717) is 17.3 Å². The van der Waals surface area contributed by atoms with Gasteiger partial charge < -0.3 is 10.3 Å². The van der Waals surface area contributed by atoms with Crippen LogP contribution in [0.25, 0.3) is 0 Å². The third kappa shape index (κ3) is 4.35. The normalized spacial score (nSPS) is 15.2. The van der Waals surface area contributed by atoms with Crippen LogP contribution in [0.5, 0.6) is 0 Å². The molecule has 26 heavy (non-hydrogen) atoms. The van der Waals surface area contributed by atoms with Gasteiger partial charge in [0.25, 0.3) is 0 Å². The van der Waals surface area contributed by atoms with Crippen LogP contribution < -0.4 is 5.32 Å². The summed E-state index contributed by atoms with van der Waals surface area (Å²) in [4.78, 5) is 27.3. The first-order valence-corrected chi connectivity index (χ1v) is 10.7. The van der Waals surface area contributed by atoms with Crippen LogP contribution >= 0.6 is 23.1 Å². The molecular weight excluding hydrogens is 368 g/mol. The highest BCUT2D eigenvalue weighted by Gasteiger charge is 2.20. The summed E-state index contributed by atoms with van der Waals surface area (Å²) in [7, 11) is 0. The predicted octanol–water partition coefficient (Wildman–Crippen LogP) is 4.41. The van der Waals surface area contributed by atoms with Crippen molar-refractivity contribution >= 4 is 39.8 Å². The van der Waals surface area contributed by atoms with Crippen LogP contribution in [0.15, 0.2) is 4.34 Å². The van der Waals surface area contributed by atoms with Gasteiger partial charge in [-0.3, -0.25) is 9.59 Å². The highest BCUT2D eigenvalue weighted by molar-refractivity contribution is 8.01. The second-order valence-corrected chi connectivity index (χ2v) is 8.95. The number of aromatic nitrogens is 3. The number of thioether (sulfide) groups is 1. The maximum atomic E-state index is 12.5. The van der Waals surface area contributed by atoms with E-state index in [1.807, 2.05) is 13.8 Å². The number of Topliss-reactive ketones (excluding diaryl/α,β-unsaturated/α-hetero) is 2. The van der Waals surface area contributed by atoms with Gasteiger partial charge in [0.15, 0.2) is 15.9 Å². The SMILES string of the molecule is CC(=O)c1c(C)[nH]c(C(=O)CSc2nnc(NC3CCCCC3)s2)c1C. The highest BCUT2D eigenvalue weighted by atomic mass is 32.2. The lowest BCUT2D eigenvalue weighted by atomic mass is 9.96. The van der Waals surface area contributed by atoms with Crippen LogP contribution in [-0.4, -0.2) is 38.5 Å². The van der Waals surface area contributed by atoms with Crippen LogP contribution in [0.2, 0.25) is 0 Å². The van der Waals surface area contributed by atoms with Crippen molar-refractivity contribution in [3.05, 3.63) is 22.5 Å². The van der Waals surface area contributed by atoms with Gasteiger partial charge in [-0.2, -0.15) is 0 Å². The fourth-order valence-electron chi connectivity index (χ4n) is 3.50. The van der Waals surface area contributed by atoms with Gasteiger partial charge >= 0.3 is 0 Å². The van der Waals surface area contributed by atoms with E-state index >= 15 is 0 Å². The van der Waals surface area contributed by atoms with E-state index < -0.39 is 0 Å². The van der Waals surface area contributed by atoms with E-state index in [0.717, 1.165) is 20.7 Å². The first kappa shape index (κ1) is 19.1. The summed E-state index contributed by atoms with van der Waals surface area (Å²) < 4.78 is 0.782. The Balaban J connectivity index is 1.58. The number of hydrogen-bond acceptors (Lipinski definition) is 7. The minimum Gasteiger partial charge on any atom is -0.357 e. The van der Waals surface area contributed by atoms with Gasteiger partial charge in [0.1, 0.15) is 0 Å². The fourth-order valence-corrected chi connectivity index (χ4v) is 5.21. The van der Waals surface area contributed by atoms with Gasteiger partial charge in [-0.25, -0.2) is 0 Å².